The molecular formula is C16H14ClN3O. The molecule has 2 aromatic rings. The molecule has 0 saturated heterocycles. The van der Waals surface area contributed by atoms with Crippen LogP contribution in [0.2, 0.25) is 5.02 Å². The molecule has 0 fully saturated rings. The first-order valence-electron chi connectivity index (χ1n) is 6.68. The normalized spacial score (nSPS) is 13.5. The van der Waals surface area contributed by atoms with Crippen LogP contribution in [0, 0.1) is 0 Å². The lowest BCUT2D eigenvalue weighted by Crippen LogP contribution is -2.19. The van der Waals surface area contributed by atoms with Gasteiger partial charge in [-0.25, -0.2) is 0 Å². The molecule has 2 aromatic carbocycles. The van der Waals surface area contributed by atoms with Crippen LogP contribution in [-0.2, 0) is 0 Å². The standard InChI is InChI=1S/C16H14ClN3O/c17-13-5-1-4-12(9-13)16(21)20-14-6-2-3-11(10-14)15-18-7-8-19-15/h1-6,9-10H,7-8H2,(H,18,19)(H,20,21). The molecule has 0 saturated carbocycles. The Kier molecular flexibility index (Phi) is 3.88. The second-order valence-electron chi connectivity index (χ2n) is 4.70. The number of nitrogens with one attached hydrogen (secondary N) is 2. The Balaban J connectivity index is 1.78. The van der Waals surface area contributed by atoms with Crippen molar-refractivity contribution in [3.05, 3.63) is 64.7 Å². The molecule has 106 valence electrons. The summed E-state index contributed by atoms with van der Waals surface area (Å²) in [6.45, 7) is 1.64. The van der Waals surface area contributed by atoms with Crippen LogP contribution in [0.3, 0.4) is 0 Å². The number of carbonyl (C=O) groups is 1. The molecule has 0 aromatic heterocycles. The first-order chi connectivity index (χ1) is 10.2. The average molecular weight is 300 g/mol. The maximum absolute atomic E-state index is 12.2. The number of hydrogen-bond donors (Lipinski definition) is 2. The molecule has 0 atom stereocenters. The molecule has 0 spiro atoms. The minimum atomic E-state index is -0.184. The largest absolute Gasteiger partial charge is 0.368 e. The van der Waals surface area contributed by atoms with Crippen molar-refractivity contribution < 1.29 is 4.79 Å². The van der Waals surface area contributed by atoms with Gasteiger partial charge in [0.25, 0.3) is 5.91 Å². The fourth-order valence-corrected chi connectivity index (χ4v) is 2.36. The summed E-state index contributed by atoms with van der Waals surface area (Å²) >= 11 is 5.90. The van der Waals surface area contributed by atoms with Crippen molar-refractivity contribution >= 4 is 29.0 Å². The summed E-state index contributed by atoms with van der Waals surface area (Å²) < 4.78 is 0. The fraction of sp³-hybridized carbons (Fsp3) is 0.125. The van der Waals surface area contributed by atoms with E-state index in [0.717, 1.165) is 30.2 Å². The van der Waals surface area contributed by atoms with Crippen molar-refractivity contribution in [2.75, 3.05) is 18.4 Å². The Labute approximate surface area is 127 Å². The number of amidine groups is 1. The van der Waals surface area contributed by atoms with E-state index >= 15 is 0 Å². The van der Waals surface area contributed by atoms with Gasteiger partial charge in [0.15, 0.2) is 0 Å². The highest BCUT2D eigenvalue weighted by atomic mass is 35.5. The molecule has 1 heterocycles. The predicted octanol–water partition coefficient (Wildman–Crippen LogP) is 2.94. The van der Waals surface area contributed by atoms with Gasteiger partial charge in [-0.3, -0.25) is 9.79 Å². The van der Waals surface area contributed by atoms with Crippen LogP contribution >= 0.6 is 11.6 Å². The van der Waals surface area contributed by atoms with Crippen molar-refractivity contribution in [2.24, 2.45) is 4.99 Å². The molecule has 21 heavy (non-hydrogen) atoms. The molecule has 3 rings (SSSR count). The van der Waals surface area contributed by atoms with Crippen molar-refractivity contribution in [2.45, 2.75) is 0 Å². The number of rotatable bonds is 3. The lowest BCUT2D eigenvalue weighted by Gasteiger charge is -2.08. The van der Waals surface area contributed by atoms with Crippen LogP contribution in [-0.4, -0.2) is 24.8 Å². The maximum atomic E-state index is 12.2. The summed E-state index contributed by atoms with van der Waals surface area (Å²) in [5, 5.41) is 6.62. The topological polar surface area (TPSA) is 53.5 Å². The second-order valence-corrected chi connectivity index (χ2v) is 5.14. The Morgan fingerprint density at radius 2 is 2.05 bits per heavy atom. The summed E-state index contributed by atoms with van der Waals surface area (Å²) in [6, 6.07) is 14.5. The number of aliphatic imine (C=N–C) groups is 1. The van der Waals surface area contributed by atoms with E-state index in [2.05, 4.69) is 15.6 Å². The van der Waals surface area contributed by atoms with Crippen molar-refractivity contribution in [1.29, 1.82) is 0 Å². The first kappa shape index (κ1) is 13.6. The molecule has 2 N–H and O–H groups in total. The molecule has 5 heteroatoms. The number of carbonyl (C=O) groups excluding carboxylic acids is 1. The van der Waals surface area contributed by atoms with Gasteiger partial charge in [-0.1, -0.05) is 29.8 Å². The molecular weight excluding hydrogens is 286 g/mol. The van der Waals surface area contributed by atoms with E-state index in [9.17, 15) is 4.79 Å². The lowest BCUT2D eigenvalue weighted by molar-refractivity contribution is 0.102. The van der Waals surface area contributed by atoms with Gasteiger partial charge in [-0.05, 0) is 30.3 Å². The minimum Gasteiger partial charge on any atom is -0.368 e. The number of anilines is 1. The van der Waals surface area contributed by atoms with E-state index in [-0.39, 0.29) is 5.91 Å². The summed E-state index contributed by atoms with van der Waals surface area (Å²) in [5.41, 5.74) is 2.23. The van der Waals surface area contributed by atoms with Crippen LogP contribution < -0.4 is 10.6 Å². The quantitative estimate of drug-likeness (QED) is 0.915. The van der Waals surface area contributed by atoms with E-state index in [1.165, 1.54) is 0 Å². The number of hydrogen-bond acceptors (Lipinski definition) is 3. The Morgan fingerprint density at radius 1 is 1.19 bits per heavy atom. The van der Waals surface area contributed by atoms with Gasteiger partial charge >= 0.3 is 0 Å². The number of amides is 1. The molecule has 0 bridgehead atoms. The predicted molar refractivity (Wildman–Crippen MR) is 85.3 cm³/mol. The summed E-state index contributed by atoms with van der Waals surface area (Å²) in [4.78, 5) is 16.6. The van der Waals surface area contributed by atoms with Gasteiger partial charge in [0, 0.05) is 28.4 Å². The SMILES string of the molecule is O=C(Nc1cccc(C2=NCCN2)c1)c1cccc(Cl)c1. The van der Waals surface area contributed by atoms with Crippen LogP contribution in [0.25, 0.3) is 0 Å². The first-order valence-corrected chi connectivity index (χ1v) is 7.06. The molecule has 1 amide bonds. The molecule has 1 aliphatic rings. The van der Waals surface area contributed by atoms with Gasteiger partial charge in [-0.15, -0.1) is 0 Å². The van der Waals surface area contributed by atoms with Crippen molar-refractivity contribution in [3.8, 4) is 0 Å². The van der Waals surface area contributed by atoms with E-state index in [4.69, 9.17) is 11.6 Å². The van der Waals surface area contributed by atoms with Crippen LogP contribution in [0.5, 0.6) is 0 Å². The van der Waals surface area contributed by atoms with E-state index < -0.39 is 0 Å². The summed E-state index contributed by atoms with van der Waals surface area (Å²) in [5.74, 6) is 0.685. The number of benzene rings is 2. The van der Waals surface area contributed by atoms with Crippen molar-refractivity contribution in [1.82, 2.24) is 5.32 Å². The number of halogens is 1. The van der Waals surface area contributed by atoms with Gasteiger partial charge in [0.2, 0.25) is 0 Å². The highest BCUT2D eigenvalue weighted by molar-refractivity contribution is 6.31. The lowest BCUT2D eigenvalue weighted by atomic mass is 10.1. The van der Waals surface area contributed by atoms with Crippen LogP contribution in [0.4, 0.5) is 5.69 Å². The maximum Gasteiger partial charge on any atom is 0.255 e. The average Bonchev–Trinajstić information content (AvgIpc) is 3.02. The Bertz CT molecular complexity index is 712. The minimum absolute atomic E-state index is 0.184. The van der Waals surface area contributed by atoms with Gasteiger partial charge < -0.3 is 10.6 Å². The third-order valence-corrected chi connectivity index (χ3v) is 3.39. The molecule has 0 unspecified atom stereocenters. The molecule has 0 radical (unpaired) electrons. The smallest absolute Gasteiger partial charge is 0.255 e. The van der Waals surface area contributed by atoms with E-state index in [0.29, 0.717) is 10.6 Å². The Hall–Kier alpha value is -2.33. The zero-order valence-electron chi connectivity index (χ0n) is 11.3. The molecule has 0 aliphatic carbocycles. The highest BCUT2D eigenvalue weighted by Gasteiger charge is 2.10. The van der Waals surface area contributed by atoms with Gasteiger partial charge in [0.05, 0.1) is 6.54 Å². The zero-order valence-corrected chi connectivity index (χ0v) is 12.0. The highest BCUT2D eigenvalue weighted by Crippen LogP contribution is 2.15. The third-order valence-electron chi connectivity index (χ3n) is 3.15. The van der Waals surface area contributed by atoms with Gasteiger partial charge in [-0.2, -0.15) is 0 Å². The summed E-state index contributed by atoms with van der Waals surface area (Å²) in [6.07, 6.45) is 0. The summed E-state index contributed by atoms with van der Waals surface area (Å²) in [7, 11) is 0. The zero-order chi connectivity index (χ0) is 14.7. The van der Waals surface area contributed by atoms with Crippen LogP contribution in [0.1, 0.15) is 15.9 Å². The monoisotopic (exact) mass is 299 g/mol. The number of nitrogens with zero attached hydrogens (tertiary/aromatic N) is 1. The molecule has 4 nitrogen and oxygen atoms in total. The van der Waals surface area contributed by atoms with Crippen LogP contribution in [0.15, 0.2) is 53.5 Å². The fourth-order valence-electron chi connectivity index (χ4n) is 2.17. The van der Waals surface area contributed by atoms with E-state index in [1.54, 1.807) is 24.3 Å². The van der Waals surface area contributed by atoms with E-state index in [1.807, 2.05) is 24.3 Å². The van der Waals surface area contributed by atoms with Crippen molar-refractivity contribution in [3.63, 3.8) is 0 Å². The Morgan fingerprint density at radius 3 is 2.81 bits per heavy atom. The molecule has 1 aliphatic heterocycles. The van der Waals surface area contributed by atoms with Gasteiger partial charge in [0.1, 0.15) is 5.84 Å². The third kappa shape index (κ3) is 3.23. The second kappa shape index (κ2) is 5.97.